The summed E-state index contributed by atoms with van der Waals surface area (Å²) in [5, 5.41) is 1.67. The molecule has 3 heteroatoms. The lowest BCUT2D eigenvalue weighted by molar-refractivity contribution is 0.653. The smallest absolute Gasteiger partial charge is 0.227 e. The number of aromatic nitrogens is 2. The van der Waals surface area contributed by atoms with Gasteiger partial charge < -0.3 is 4.42 Å². The minimum absolute atomic E-state index is 0.0244. The van der Waals surface area contributed by atoms with E-state index in [2.05, 4.69) is 35.1 Å². The van der Waals surface area contributed by atoms with E-state index in [-0.39, 0.29) is 5.69 Å². The van der Waals surface area contributed by atoms with Gasteiger partial charge in [0.25, 0.3) is 0 Å². The fourth-order valence-electron chi connectivity index (χ4n) is 3.49. The topological polar surface area (TPSA) is 38.9 Å². The standard InChI is InChI=1S/C24H18N2O/c1-15-6-3-4-7-18(15)17-11-13-22(25-14-17)21-9-5-8-19-20-12-10-16(2)26-24(20)27-23(19)21/h3-14H,1-2H3/i2D3. The van der Waals surface area contributed by atoms with Gasteiger partial charge in [-0.15, -0.1) is 0 Å². The van der Waals surface area contributed by atoms with E-state index in [9.17, 15) is 0 Å². The van der Waals surface area contributed by atoms with E-state index < -0.39 is 6.85 Å². The molecule has 130 valence electrons. The molecule has 0 amide bonds. The van der Waals surface area contributed by atoms with Crippen LogP contribution in [0.1, 0.15) is 15.4 Å². The first kappa shape index (κ1) is 12.8. The molecule has 0 aliphatic carbocycles. The molecule has 0 unspecified atom stereocenters. The van der Waals surface area contributed by atoms with Crippen molar-refractivity contribution in [2.75, 3.05) is 0 Å². The Bertz CT molecular complexity index is 1390. The fraction of sp³-hybridized carbons (Fsp3) is 0.0833. The monoisotopic (exact) mass is 353 g/mol. The summed E-state index contributed by atoms with van der Waals surface area (Å²) in [7, 11) is 0. The molecule has 27 heavy (non-hydrogen) atoms. The Kier molecular flexibility index (Phi) is 2.88. The molecule has 3 heterocycles. The summed E-state index contributed by atoms with van der Waals surface area (Å²) < 4.78 is 28.8. The Morgan fingerprint density at radius 1 is 0.852 bits per heavy atom. The highest BCUT2D eigenvalue weighted by Gasteiger charge is 2.14. The maximum atomic E-state index is 7.58. The van der Waals surface area contributed by atoms with Gasteiger partial charge in [-0.05, 0) is 49.2 Å². The van der Waals surface area contributed by atoms with Crippen LogP contribution in [0.15, 0.2) is 77.3 Å². The number of fused-ring (bicyclic) bond motifs is 3. The summed E-state index contributed by atoms with van der Waals surface area (Å²) in [6, 6.07) is 21.4. The molecule has 0 aliphatic rings. The van der Waals surface area contributed by atoms with Crippen molar-refractivity contribution in [3.63, 3.8) is 0 Å². The largest absolute Gasteiger partial charge is 0.437 e. The van der Waals surface area contributed by atoms with Gasteiger partial charge in [-0.2, -0.15) is 0 Å². The van der Waals surface area contributed by atoms with Crippen LogP contribution in [0, 0.1) is 13.8 Å². The Balaban J connectivity index is 1.63. The molecule has 0 radical (unpaired) electrons. The minimum Gasteiger partial charge on any atom is -0.437 e. The summed E-state index contributed by atoms with van der Waals surface area (Å²) in [6.45, 7) is -0.193. The van der Waals surface area contributed by atoms with Crippen molar-refractivity contribution < 1.29 is 8.53 Å². The number of nitrogens with zero attached hydrogens (tertiary/aromatic N) is 2. The zero-order valence-electron chi connectivity index (χ0n) is 17.7. The number of aryl methyl sites for hydroxylation is 2. The zero-order chi connectivity index (χ0) is 20.9. The lowest BCUT2D eigenvalue weighted by Crippen LogP contribution is -1.87. The van der Waals surface area contributed by atoms with Crippen LogP contribution in [-0.2, 0) is 0 Å². The van der Waals surface area contributed by atoms with Gasteiger partial charge in [0.15, 0.2) is 0 Å². The summed E-state index contributed by atoms with van der Waals surface area (Å²) in [5.74, 6) is 0. The van der Waals surface area contributed by atoms with Crippen LogP contribution in [-0.4, -0.2) is 9.97 Å². The Hall–Kier alpha value is -3.46. The third-order valence-corrected chi connectivity index (χ3v) is 4.86. The molecule has 5 rings (SSSR count). The van der Waals surface area contributed by atoms with E-state index in [1.54, 1.807) is 6.07 Å². The second-order valence-corrected chi connectivity index (χ2v) is 6.58. The van der Waals surface area contributed by atoms with Gasteiger partial charge in [-0.25, -0.2) is 4.98 Å². The summed E-state index contributed by atoms with van der Waals surface area (Å²) in [4.78, 5) is 8.91. The van der Waals surface area contributed by atoms with Gasteiger partial charge in [-0.1, -0.05) is 42.5 Å². The van der Waals surface area contributed by atoms with Crippen LogP contribution in [0.4, 0.5) is 0 Å². The Morgan fingerprint density at radius 2 is 1.74 bits per heavy atom. The van der Waals surface area contributed by atoms with E-state index in [0.717, 1.165) is 33.2 Å². The molecule has 0 fully saturated rings. The van der Waals surface area contributed by atoms with Crippen LogP contribution in [0.5, 0.6) is 0 Å². The number of para-hydroxylation sites is 1. The zero-order valence-corrected chi connectivity index (χ0v) is 14.7. The maximum absolute atomic E-state index is 7.58. The first-order valence-electron chi connectivity index (χ1n) is 10.3. The SMILES string of the molecule is [2H]C([2H])([2H])c1ccc2c(n1)oc1c(-c3ccc(-c4ccccc4C)cn3)cccc12. The highest BCUT2D eigenvalue weighted by Crippen LogP contribution is 2.35. The van der Waals surface area contributed by atoms with Crippen molar-refractivity contribution in [2.24, 2.45) is 0 Å². The third kappa shape index (κ3) is 2.59. The van der Waals surface area contributed by atoms with Gasteiger partial charge in [-0.3, -0.25) is 4.98 Å². The van der Waals surface area contributed by atoms with Crippen LogP contribution in [0.2, 0.25) is 0 Å². The quantitative estimate of drug-likeness (QED) is 0.372. The third-order valence-electron chi connectivity index (χ3n) is 4.86. The van der Waals surface area contributed by atoms with E-state index >= 15 is 0 Å². The Morgan fingerprint density at radius 3 is 2.56 bits per heavy atom. The molecule has 0 saturated heterocycles. The molecule has 0 saturated carbocycles. The molecule has 5 aromatic rings. The Labute approximate surface area is 161 Å². The second kappa shape index (κ2) is 6.06. The first-order chi connectivity index (χ1) is 14.4. The number of furan rings is 1. The summed E-state index contributed by atoms with van der Waals surface area (Å²) in [6.07, 6.45) is 1.87. The van der Waals surface area contributed by atoms with Crippen LogP contribution in [0.3, 0.4) is 0 Å². The predicted octanol–water partition coefficient (Wildman–Crippen LogP) is 6.33. The van der Waals surface area contributed by atoms with E-state index in [1.165, 1.54) is 11.6 Å². The number of rotatable bonds is 2. The highest BCUT2D eigenvalue weighted by molar-refractivity contribution is 6.08. The lowest BCUT2D eigenvalue weighted by Gasteiger charge is -2.07. The normalized spacial score (nSPS) is 13.4. The predicted molar refractivity (Wildman–Crippen MR) is 110 cm³/mol. The van der Waals surface area contributed by atoms with Gasteiger partial charge in [0, 0.05) is 37.9 Å². The van der Waals surface area contributed by atoms with Crippen molar-refractivity contribution >= 4 is 22.1 Å². The molecule has 3 aromatic heterocycles. The maximum Gasteiger partial charge on any atom is 0.227 e. The average molecular weight is 353 g/mol. The summed E-state index contributed by atoms with van der Waals surface area (Å²) >= 11 is 0. The van der Waals surface area contributed by atoms with Gasteiger partial charge in [0.2, 0.25) is 5.71 Å². The molecule has 0 N–H and O–H groups in total. The van der Waals surface area contributed by atoms with Gasteiger partial charge >= 0.3 is 0 Å². The lowest BCUT2D eigenvalue weighted by atomic mass is 10.0. The molecule has 0 atom stereocenters. The molecule has 0 spiro atoms. The molecular formula is C24H18N2O. The van der Waals surface area contributed by atoms with E-state index in [4.69, 9.17) is 8.53 Å². The fourth-order valence-corrected chi connectivity index (χ4v) is 3.49. The van der Waals surface area contributed by atoms with Crippen molar-refractivity contribution in [3.8, 4) is 22.4 Å². The van der Waals surface area contributed by atoms with Gasteiger partial charge in [0.05, 0.1) is 5.69 Å². The first-order valence-corrected chi connectivity index (χ1v) is 8.77. The number of hydrogen-bond donors (Lipinski definition) is 0. The van der Waals surface area contributed by atoms with Crippen molar-refractivity contribution in [3.05, 3.63) is 84.2 Å². The van der Waals surface area contributed by atoms with E-state index in [0.29, 0.717) is 11.3 Å². The van der Waals surface area contributed by atoms with Crippen LogP contribution in [0.25, 0.3) is 44.5 Å². The number of hydrogen-bond acceptors (Lipinski definition) is 3. The molecule has 0 aliphatic heterocycles. The minimum atomic E-state index is -2.27. The van der Waals surface area contributed by atoms with Crippen molar-refractivity contribution in [1.29, 1.82) is 0 Å². The van der Waals surface area contributed by atoms with Crippen LogP contribution < -0.4 is 0 Å². The van der Waals surface area contributed by atoms with Crippen molar-refractivity contribution in [1.82, 2.24) is 9.97 Å². The van der Waals surface area contributed by atoms with Gasteiger partial charge in [0.1, 0.15) is 5.58 Å². The highest BCUT2D eigenvalue weighted by atomic mass is 16.3. The number of pyridine rings is 2. The average Bonchev–Trinajstić information content (AvgIpc) is 3.12. The van der Waals surface area contributed by atoms with E-state index in [1.807, 2.05) is 42.6 Å². The summed E-state index contributed by atoms with van der Waals surface area (Å²) in [5.41, 5.74) is 6.03. The van der Waals surface area contributed by atoms with Crippen molar-refractivity contribution in [2.45, 2.75) is 13.8 Å². The number of benzene rings is 2. The molecular weight excluding hydrogens is 332 g/mol. The molecule has 0 bridgehead atoms. The second-order valence-electron chi connectivity index (χ2n) is 6.58. The molecule has 3 nitrogen and oxygen atoms in total. The van der Waals surface area contributed by atoms with Crippen LogP contribution >= 0.6 is 0 Å². The molecule has 2 aromatic carbocycles.